The molecule has 0 bridgehead atoms. The monoisotopic (exact) mass is 171 g/mol. The second kappa shape index (κ2) is 3.63. The molecule has 0 unspecified atom stereocenters. The molecule has 66 valence electrons. The van der Waals surface area contributed by atoms with Crippen LogP contribution >= 0.6 is 0 Å². The first-order valence-electron chi connectivity index (χ1n) is 3.79. The average molecular weight is 171 g/mol. The second-order valence-corrected chi connectivity index (χ2v) is 2.72. The van der Waals surface area contributed by atoms with Crippen molar-refractivity contribution in [2.45, 2.75) is 13.3 Å². The summed E-state index contributed by atoms with van der Waals surface area (Å²) in [6.45, 7) is 2.06. The Bertz CT molecular complexity index is 261. The molecule has 1 aromatic carbocycles. The number of hydrogen-bond donors (Lipinski definition) is 1. The van der Waals surface area contributed by atoms with E-state index in [1.165, 1.54) is 6.07 Å². The van der Waals surface area contributed by atoms with Crippen LogP contribution in [0.5, 0.6) is 0 Å². The van der Waals surface area contributed by atoms with Gasteiger partial charge in [0.05, 0.1) is 0 Å². The van der Waals surface area contributed by atoms with Crippen LogP contribution in [0.2, 0.25) is 0 Å². The van der Waals surface area contributed by atoms with Crippen molar-refractivity contribution in [3.8, 4) is 0 Å². The lowest BCUT2D eigenvalue weighted by atomic mass is 10.1. The van der Waals surface area contributed by atoms with Gasteiger partial charge >= 0.3 is 0 Å². The summed E-state index contributed by atoms with van der Waals surface area (Å²) in [6, 6.07) is 2.20. The van der Waals surface area contributed by atoms with Gasteiger partial charge in [-0.05, 0) is 37.1 Å². The first-order chi connectivity index (χ1) is 5.65. The molecule has 0 aromatic heterocycles. The van der Waals surface area contributed by atoms with Crippen LogP contribution in [0.4, 0.5) is 8.78 Å². The molecule has 0 aliphatic rings. The summed E-state index contributed by atoms with van der Waals surface area (Å²) in [6.07, 6.45) is 0.456. The quantitative estimate of drug-likeness (QED) is 0.721. The molecule has 1 rings (SSSR count). The zero-order valence-corrected chi connectivity index (χ0v) is 6.90. The second-order valence-electron chi connectivity index (χ2n) is 2.72. The van der Waals surface area contributed by atoms with Crippen LogP contribution in [0.3, 0.4) is 0 Å². The van der Waals surface area contributed by atoms with Gasteiger partial charge in [-0.15, -0.1) is 0 Å². The summed E-state index contributed by atoms with van der Waals surface area (Å²) >= 11 is 0. The molecule has 0 heterocycles. The third-order valence-electron chi connectivity index (χ3n) is 1.78. The van der Waals surface area contributed by atoms with Gasteiger partial charge in [0.15, 0.2) is 0 Å². The maximum Gasteiger partial charge on any atom is 0.129 e. The Kier molecular flexibility index (Phi) is 2.76. The number of halogens is 2. The molecule has 1 aromatic rings. The van der Waals surface area contributed by atoms with Crippen LogP contribution in [0.15, 0.2) is 12.1 Å². The topological polar surface area (TPSA) is 26.0 Å². The lowest BCUT2D eigenvalue weighted by Gasteiger charge is -2.05. The average Bonchev–Trinajstić information content (AvgIpc) is 1.96. The molecule has 2 N–H and O–H groups in total. The molecule has 3 heteroatoms. The largest absolute Gasteiger partial charge is 0.330 e. The van der Waals surface area contributed by atoms with Gasteiger partial charge in [0.1, 0.15) is 11.6 Å². The maximum absolute atomic E-state index is 13.0. The molecular weight excluding hydrogens is 160 g/mol. The predicted molar refractivity (Wildman–Crippen MR) is 43.9 cm³/mol. The summed E-state index contributed by atoms with van der Waals surface area (Å²) in [4.78, 5) is 0. The Morgan fingerprint density at radius 2 is 2.00 bits per heavy atom. The fourth-order valence-corrected chi connectivity index (χ4v) is 1.19. The van der Waals surface area contributed by atoms with Gasteiger partial charge < -0.3 is 5.73 Å². The van der Waals surface area contributed by atoms with Gasteiger partial charge in [-0.2, -0.15) is 0 Å². The molecule has 0 atom stereocenters. The molecule has 0 aliphatic heterocycles. The van der Waals surface area contributed by atoms with Gasteiger partial charge in [-0.3, -0.25) is 0 Å². The van der Waals surface area contributed by atoms with Crippen LogP contribution < -0.4 is 5.73 Å². The Hall–Kier alpha value is -0.960. The van der Waals surface area contributed by atoms with E-state index >= 15 is 0 Å². The van der Waals surface area contributed by atoms with E-state index in [0.29, 0.717) is 24.1 Å². The highest BCUT2D eigenvalue weighted by Crippen LogP contribution is 2.15. The molecule has 0 amide bonds. The first-order valence-corrected chi connectivity index (χ1v) is 3.79. The van der Waals surface area contributed by atoms with E-state index in [9.17, 15) is 8.78 Å². The minimum atomic E-state index is -0.536. The van der Waals surface area contributed by atoms with Gasteiger partial charge in [0, 0.05) is 6.07 Å². The molecule has 0 saturated heterocycles. The highest BCUT2D eigenvalue weighted by Gasteiger charge is 2.06. The number of nitrogens with two attached hydrogens (primary N) is 1. The predicted octanol–water partition coefficient (Wildman–Crippen LogP) is 1.77. The molecule has 0 saturated carbocycles. The van der Waals surface area contributed by atoms with Crippen LogP contribution in [-0.4, -0.2) is 6.54 Å². The Morgan fingerprint density at radius 3 is 2.50 bits per heavy atom. The Balaban J connectivity index is 3.10. The van der Waals surface area contributed by atoms with Crippen molar-refractivity contribution >= 4 is 0 Å². The summed E-state index contributed by atoms with van der Waals surface area (Å²) in [5.74, 6) is -1.04. The van der Waals surface area contributed by atoms with Crippen molar-refractivity contribution in [1.82, 2.24) is 0 Å². The van der Waals surface area contributed by atoms with Crippen molar-refractivity contribution in [2.24, 2.45) is 5.73 Å². The lowest BCUT2D eigenvalue weighted by molar-refractivity contribution is 0.569. The molecule has 0 radical (unpaired) electrons. The molecule has 0 spiro atoms. The van der Waals surface area contributed by atoms with E-state index in [2.05, 4.69) is 0 Å². The Labute approximate surface area is 70.2 Å². The van der Waals surface area contributed by atoms with E-state index in [0.717, 1.165) is 6.07 Å². The van der Waals surface area contributed by atoms with Crippen molar-refractivity contribution in [3.05, 3.63) is 34.9 Å². The lowest BCUT2D eigenvalue weighted by Crippen LogP contribution is -2.06. The summed E-state index contributed by atoms with van der Waals surface area (Å²) < 4.78 is 25.6. The molecule has 1 nitrogen and oxygen atoms in total. The van der Waals surface area contributed by atoms with Gasteiger partial charge in [0.25, 0.3) is 0 Å². The zero-order valence-electron chi connectivity index (χ0n) is 6.90. The normalized spacial score (nSPS) is 10.3. The number of aryl methyl sites for hydroxylation is 1. The third kappa shape index (κ3) is 1.80. The van der Waals surface area contributed by atoms with E-state index in [-0.39, 0.29) is 0 Å². The molecule has 0 aliphatic carbocycles. The van der Waals surface area contributed by atoms with Gasteiger partial charge in [-0.1, -0.05) is 0 Å². The zero-order chi connectivity index (χ0) is 9.14. The van der Waals surface area contributed by atoms with Crippen LogP contribution in [0.1, 0.15) is 11.1 Å². The van der Waals surface area contributed by atoms with Crippen LogP contribution in [0.25, 0.3) is 0 Å². The third-order valence-corrected chi connectivity index (χ3v) is 1.78. The highest BCUT2D eigenvalue weighted by molar-refractivity contribution is 5.28. The van der Waals surface area contributed by atoms with Crippen LogP contribution in [0, 0.1) is 18.6 Å². The molecule has 12 heavy (non-hydrogen) atoms. The minimum Gasteiger partial charge on any atom is -0.330 e. The maximum atomic E-state index is 13.0. The van der Waals surface area contributed by atoms with E-state index in [1.807, 2.05) is 0 Å². The van der Waals surface area contributed by atoms with Crippen molar-refractivity contribution in [3.63, 3.8) is 0 Å². The number of rotatable bonds is 2. The van der Waals surface area contributed by atoms with Gasteiger partial charge in [-0.25, -0.2) is 8.78 Å². The van der Waals surface area contributed by atoms with Crippen molar-refractivity contribution in [2.75, 3.05) is 6.54 Å². The van der Waals surface area contributed by atoms with Crippen LogP contribution in [-0.2, 0) is 6.42 Å². The summed E-state index contributed by atoms with van der Waals surface area (Å²) in [5.41, 5.74) is 6.41. The van der Waals surface area contributed by atoms with E-state index in [4.69, 9.17) is 5.73 Å². The SMILES string of the molecule is Cc1cc(F)cc(F)c1CCN. The minimum absolute atomic E-state index is 0.378. The summed E-state index contributed by atoms with van der Waals surface area (Å²) in [7, 11) is 0. The number of hydrogen-bond acceptors (Lipinski definition) is 1. The fraction of sp³-hybridized carbons (Fsp3) is 0.333. The van der Waals surface area contributed by atoms with Crippen molar-refractivity contribution < 1.29 is 8.78 Å². The van der Waals surface area contributed by atoms with E-state index in [1.54, 1.807) is 6.92 Å². The standard InChI is InChI=1S/C9H11F2N/c1-6-4-7(10)5-9(11)8(6)2-3-12/h4-5H,2-3,12H2,1H3. The fourth-order valence-electron chi connectivity index (χ4n) is 1.19. The Morgan fingerprint density at radius 1 is 1.33 bits per heavy atom. The molecule has 0 fully saturated rings. The van der Waals surface area contributed by atoms with Gasteiger partial charge in [0.2, 0.25) is 0 Å². The van der Waals surface area contributed by atoms with E-state index < -0.39 is 11.6 Å². The number of benzene rings is 1. The van der Waals surface area contributed by atoms with Crippen molar-refractivity contribution in [1.29, 1.82) is 0 Å². The smallest absolute Gasteiger partial charge is 0.129 e. The highest BCUT2D eigenvalue weighted by atomic mass is 19.1. The summed E-state index contributed by atoms with van der Waals surface area (Å²) in [5, 5.41) is 0. The first kappa shape index (κ1) is 9.13. The molecular formula is C9H11F2N.